The van der Waals surface area contributed by atoms with Crippen molar-refractivity contribution < 1.29 is 5.21 Å². The Hall–Kier alpha value is -1.23. The van der Waals surface area contributed by atoms with Crippen LogP contribution in [0.3, 0.4) is 0 Å². The normalized spacial score (nSPS) is 24.6. The Balaban J connectivity index is 2.26. The second-order valence-corrected chi connectivity index (χ2v) is 6.36. The SMILES string of the molecule is CC1CC(C)CN(c2ccc(/C(N)=N/O)cc2Br)C1. The predicted molar refractivity (Wildman–Crippen MR) is 81.8 cm³/mol. The van der Waals surface area contributed by atoms with Gasteiger partial charge in [-0.25, -0.2) is 0 Å². The molecule has 0 aliphatic carbocycles. The van der Waals surface area contributed by atoms with Crippen LogP contribution in [0, 0.1) is 11.8 Å². The number of halogens is 1. The third kappa shape index (κ3) is 3.21. The molecule has 2 rings (SSSR count). The zero-order chi connectivity index (χ0) is 14.0. The highest BCUT2D eigenvalue weighted by atomic mass is 79.9. The van der Waals surface area contributed by atoms with E-state index in [-0.39, 0.29) is 5.84 Å². The van der Waals surface area contributed by atoms with Crippen molar-refractivity contribution in [1.82, 2.24) is 0 Å². The van der Waals surface area contributed by atoms with Crippen LogP contribution in [0.4, 0.5) is 5.69 Å². The molecule has 1 aliphatic rings. The van der Waals surface area contributed by atoms with Gasteiger partial charge in [-0.15, -0.1) is 0 Å². The van der Waals surface area contributed by atoms with Gasteiger partial charge < -0.3 is 15.8 Å². The van der Waals surface area contributed by atoms with E-state index in [0.717, 1.165) is 23.1 Å². The Morgan fingerprint density at radius 1 is 1.37 bits per heavy atom. The van der Waals surface area contributed by atoms with Crippen molar-refractivity contribution in [3.63, 3.8) is 0 Å². The molecule has 2 unspecified atom stereocenters. The smallest absolute Gasteiger partial charge is 0.170 e. The van der Waals surface area contributed by atoms with E-state index < -0.39 is 0 Å². The summed E-state index contributed by atoms with van der Waals surface area (Å²) in [6, 6.07) is 5.82. The van der Waals surface area contributed by atoms with E-state index in [1.165, 1.54) is 12.1 Å². The number of amidine groups is 1. The molecule has 1 heterocycles. The molecule has 0 spiro atoms. The average Bonchev–Trinajstić information content (AvgIpc) is 2.36. The summed E-state index contributed by atoms with van der Waals surface area (Å²) in [5, 5.41) is 11.7. The molecular formula is C14H20BrN3O. The largest absolute Gasteiger partial charge is 0.409 e. The first kappa shape index (κ1) is 14.2. The third-order valence-electron chi connectivity index (χ3n) is 3.56. The number of benzene rings is 1. The average molecular weight is 326 g/mol. The molecule has 4 nitrogen and oxygen atoms in total. The lowest BCUT2D eigenvalue weighted by atomic mass is 9.91. The fraction of sp³-hybridized carbons (Fsp3) is 0.500. The Morgan fingerprint density at radius 2 is 2.00 bits per heavy atom. The van der Waals surface area contributed by atoms with Crippen LogP contribution < -0.4 is 10.6 Å². The van der Waals surface area contributed by atoms with Crippen molar-refractivity contribution in [1.29, 1.82) is 0 Å². The van der Waals surface area contributed by atoms with Crippen molar-refractivity contribution in [2.45, 2.75) is 20.3 Å². The Bertz CT molecular complexity index is 480. The molecule has 1 aromatic carbocycles. The van der Waals surface area contributed by atoms with Crippen LogP contribution in [0.2, 0.25) is 0 Å². The summed E-state index contributed by atoms with van der Waals surface area (Å²) in [4.78, 5) is 2.40. The van der Waals surface area contributed by atoms with Crippen molar-refractivity contribution in [3.8, 4) is 0 Å². The highest BCUT2D eigenvalue weighted by Crippen LogP contribution is 2.32. The van der Waals surface area contributed by atoms with Gasteiger partial charge in [-0.3, -0.25) is 0 Å². The first-order valence-electron chi connectivity index (χ1n) is 6.53. The van der Waals surface area contributed by atoms with Crippen LogP contribution in [0.5, 0.6) is 0 Å². The van der Waals surface area contributed by atoms with Crippen LogP contribution in [0.15, 0.2) is 27.8 Å². The lowest BCUT2D eigenvalue weighted by molar-refractivity contribution is 0.318. The maximum Gasteiger partial charge on any atom is 0.170 e. The zero-order valence-corrected chi connectivity index (χ0v) is 12.9. The molecule has 104 valence electrons. The van der Waals surface area contributed by atoms with Crippen LogP contribution in [-0.4, -0.2) is 24.1 Å². The van der Waals surface area contributed by atoms with E-state index in [1.54, 1.807) is 0 Å². The molecule has 0 bridgehead atoms. The number of nitrogens with two attached hydrogens (primary N) is 1. The summed E-state index contributed by atoms with van der Waals surface area (Å²) >= 11 is 3.59. The van der Waals surface area contributed by atoms with E-state index >= 15 is 0 Å². The minimum Gasteiger partial charge on any atom is -0.409 e. The maximum absolute atomic E-state index is 8.70. The van der Waals surface area contributed by atoms with Gasteiger partial charge in [-0.1, -0.05) is 19.0 Å². The molecule has 1 aliphatic heterocycles. The predicted octanol–water partition coefficient (Wildman–Crippen LogP) is 3.03. The van der Waals surface area contributed by atoms with Crippen LogP contribution in [0.1, 0.15) is 25.8 Å². The number of piperidine rings is 1. The van der Waals surface area contributed by atoms with Crippen LogP contribution in [-0.2, 0) is 0 Å². The van der Waals surface area contributed by atoms with E-state index in [4.69, 9.17) is 10.9 Å². The lowest BCUT2D eigenvalue weighted by Gasteiger charge is -2.37. The second-order valence-electron chi connectivity index (χ2n) is 5.50. The quantitative estimate of drug-likeness (QED) is 0.380. The van der Waals surface area contributed by atoms with Gasteiger partial charge in [-0.05, 0) is 52.4 Å². The summed E-state index contributed by atoms with van der Waals surface area (Å²) in [5.74, 6) is 1.55. The number of hydrogen-bond acceptors (Lipinski definition) is 3. The minimum absolute atomic E-state index is 0.132. The summed E-state index contributed by atoms with van der Waals surface area (Å²) < 4.78 is 0.984. The fourth-order valence-electron chi connectivity index (χ4n) is 2.84. The number of hydrogen-bond donors (Lipinski definition) is 2. The molecule has 0 saturated carbocycles. The summed E-state index contributed by atoms with van der Waals surface area (Å²) in [6.07, 6.45) is 1.29. The highest BCUT2D eigenvalue weighted by Gasteiger charge is 2.23. The minimum atomic E-state index is 0.132. The summed E-state index contributed by atoms with van der Waals surface area (Å²) in [5.41, 5.74) is 7.49. The molecule has 1 saturated heterocycles. The van der Waals surface area contributed by atoms with Gasteiger partial charge in [0.15, 0.2) is 5.84 Å². The van der Waals surface area contributed by atoms with Crippen molar-refractivity contribution in [2.24, 2.45) is 22.7 Å². The number of oxime groups is 1. The van der Waals surface area contributed by atoms with Gasteiger partial charge in [0.2, 0.25) is 0 Å². The molecule has 3 N–H and O–H groups in total. The Labute approximate surface area is 122 Å². The Kier molecular flexibility index (Phi) is 4.34. The molecule has 0 aromatic heterocycles. The topological polar surface area (TPSA) is 61.8 Å². The van der Waals surface area contributed by atoms with Crippen molar-refractivity contribution in [2.75, 3.05) is 18.0 Å². The fourth-order valence-corrected chi connectivity index (χ4v) is 3.47. The van der Waals surface area contributed by atoms with Crippen molar-refractivity contribution in [3.05, 3.63) is 28.2 Å². The summed E-state index contributed by atoms with van der Waals surface area (Å²) in [6.45, 7) is 6.74. The zero-order valence-electron chi connectivity index (χ0n) is 11.3. The number of nitrogens with zero attached hydrogens (tertiary/aromatic N) is 2. The van der Waals surface area contributed by atoms with Crippen LogP contribution in [0.25, 0.3) is 0 Å². The van der Waals surface area contributed by atoms with Gasteiger partial charge in [0.1, 0.15) is 0 Å². The molecule has 19 heavy (non-hydrogen) atoms. The molecule has 0 amide bonds. The molecular weight excluding hydrogens is 306 g/mol. The van der Waals surface area contributed by atoms with Crippen molar-refractivity contribution >= 4 is 27.5 Å². The first-order chi connectivity index (χ1) is 9.01. The first-order valence-corrected chi connectivity index (χ1v) is 7.33. The number of rotatable bonds is 2. The van der Waals surface area contributed by atoms with E-state index in [2.05, 4.69) is 39.8 Å². The molecule has 5 heteroatoms. The monoisotopic (exact) mass is 325 g/mol. The molecule has 1 aromatic rings. The maximum atomic E-state index is 8.70. The molecule has 0 radical (unpaired) electrons. The Morgan fingerprint density at radius 3 is 2.53 bits per heavy atom. The van der Waals surface area contributed by atoms with E-state index in [0.29, 0.717) is 11.8 Å². The van der Waals surface area contributed by atoms with E-state index in [1.807, 2.05) is 18.2 Å². The lowest BCUT2D eigenvalue weighted by Crippen LogP contribution is -2.38. The standard InChI is InChI=1S/C14H20BrN3O/c1-9-5-10(2)8-18(7-9)13-4-3-11(6-12(13)15)14(16)17-19/h3-4,6,9-10,19H,5,7-8H2,1-2H3,(H2,16,17). The van der Waals surface area contributed by atoms with Crippen LogP contribution >= 0.6 is 15.9 Å². The third-order valence-corrected chi connectivity index (χ3v) is 4.20. The highest BCUT2D eigenvalue weighted by molar-refractivity contribution is 9.10. The van der Waals surface area contributed by atoms with Gasteiger partial charge >= 0.3 is 0 Å². The second kappa shape index (κ2) is 5.82. The number of anilines is 1. The van der Waals surface area contributed by atoms with Gasteiger partial charge in [-0.2, -0.15) is 0 Å². The summed E-state index contributed by atoms with van der Waals surface area (Å²) in [7, 11) is 0. The van der Waals surface area contributed by atoms with Gasteiger partial charge in [0.25, 0.3) is 0 Å². The molecule has 1 fully saturated rings. The molecule has 2 atom stereocenters. The van der Waals surface area contributed by atoms with Gasteiger partial charge in [0, 0.05) is 23.1 Å². The van der Waals surface area contributed by atoms with Gasteiger partial charge in [0.05, 0.1) is 5.69 Å². The van der Waals surface area contributed by atoms with E-state index in [9.17, 15) is 0 Å².